The molecule has 0 radical (unpaired) electrons. The molecule has 3 heteroatoms. The number of nitrogens with two attached hydrogens (primary N) is 1. The summed E-state index contributed by atoms with van der Waals surface area (Å²) < 4.78 is 5.49. The van der Waals surface area contributed by atoms with Gasteiger partial charge in [-0.3, -0.25) is 4.90 Å². The van der Waals surface area contributed by atoms with Gasteiger partial charge < -0.3 is 10.5 Å². The van der Waals surface area contributed by atoms with Crippen molar-refractivity contribution in [1.82, 2.24) is 4.90 Å². The van der Waals surface area contributed by atoms with E-state index in [1.807, 2.05) is 0 Å². The molecule has 1 unspecified atom stereocenters. The molecule has 0 aliphatic carbocycles. The Bertz CT molecular complexity index is 214. The van der Waals surface area contributed by atoms with Gasteiger partial charge in [0.2, 0.25) is 0 Å². The normalized spacial score (nSPS) is 31.5. The van der Waals surface area contributed by atoms with Crippen molar-refractivity contribution >= 4 is 0 Å². The van der Waals surface area contributed by atoms with E-state index in [4.69, 9.17) is 10.5 Å². The van der Waals surface area contributed by atoms with Gasteiger partial charge in [0.25, 0.3) is 0 Å². The number of piperidine rings is 1. The SMILES string of the molecule is CCC1CCCN(C2(CN)CCOCC2)C1. The number of nitrogens with zero attached hydrogens (tertiary/aromatic N) is 1. The van der Waals surface area contributed by atoms with Gasteiger partial charge >= 0.3 is 0 Å². The maximum atomic E-state index is 6.06. The Morgan fingerprint density at radius 3 is 2.75 bits per heavy atom. The summed E-state index contributed by atoms with van der Waals surface area (Å²) in [5.74, 6) is 0.889. The summed E-state index contributed by atoms with van der Waals surface area (Å²) in [6.07, 6.45) is 6.32. The van der Waals surface area contributed by atoms with Crippen molar-refractivity contribution in [1.29, 1.82) is 0 Å². The largest absolute Gasteiger partial charge is 0.381 e. The van der Waals surface area contributed by atoms with Gasteiger partial charge in [-0.15, -0.1) is 0 Å². The lowest BCUT2D eigenvalue weighted by Crippen LogP contribution is -2.59. The zero-order valence-corrected chi connectivity index (χ0v) is 10.6. The van der Waals surface area contributed by atoms with E-state index in [1.165, 1.54) is 32.4 Å². The van der Waals surface area contributed by atoms with Crippen LogP contribution in [0.3, 0.4) is 0 Å². The fraction of sp³-hybridized carbons (Fsp3) is 1.00. The van der Waals surface area contributed by atoms with E-state index in [9.17, 15) is 0 Å². The third-order valence-electron chi connectivity index (χ3n) is 4.57. The van der Waals surface area contributed by atoms with Crippen LogP contribution in [0.4, 0.5) is 0 Å². The van der Waals surface area contributed by atoms with Gasteiger partial charge in [-0.05, 0) is 38.1 Å². The van der Waals surface area contributed by atoms with Crippen LogP contribution in [0.25, 0.3) is 0 Å². The van der Waals surface area contributed by atoms with E-state index >= 15 is 0 Å². The molecule has 0 bridgehead atoms. The summed E-state index contributed by atoms with van der Waals surface area (Å²) >= 11 is 0. The maximum absolute atomic E-state index is 6.06. The molecule has 2 N–H and O–H groups in total. The first-order valence-electron chi connectivity index (χ1n) is 6.83. The maximum Gasteiger partial charge on any atom is 0.0484 e. The van der Waals surface area contributed by atoms with Crippen molar-refractivity contribution < 1.29 is 4.74 Å². The van der Waals surface area contributed by atoms with Gasteiger partial charge in [0, 0.05) is 31.8 Å². The van der Waals surface area contributed by atoms with Gasteiger partial charge in [-0.2, -0.15) is 0 Å². The molecule has 0 aromatic heterocycles. The molecule has 2 heterocycles. The number of ether oxygens (including phenoxy) is 1. The average Bonchev–Trinajstić information content (AvgIpc) is 2.39. The molecule has 2 aliphatic rings. The van der Waals surface area contributed by atoms with Crippen LogP contribution >= 0.6 is 0 Å². The molecule has 0 aromatic carbocycles. The molecular formula is C13H26N2O. The topological polar surface area (TPSA) is 38.5 Å². The Balaban J connectivity index is 2.01. The van der Waals surface area contributed by atoms with Crippen LogP contribution in [0.1, 0.15) is 39.0 Å². The molecule has 2 rings (SSSR count). The van der Waals surface area contributed by atoms with E-state index in [1.54, 1.807) is 0 Å². The van der Waals surface area contributed by atoms with E-state index in [2.05, 4.69) is 11.8 Å². The number of likely N-dealkylation sites (tertiary alicyclic amines) is 1. The third-order valence-corrected chi connectivity index (χ3v) is 4.57. The van der Waals surface area contributed by atoms with Gasteiger partial charge in [0.15, 0.2) is 0 Å². The Labute approximate surface area is 99.3 Å². The van der Waals surface area contributed by atoms with Crippen molar-refractivity contribution in [3.05, 3.63) is 0 Å². The molecule has 0 amide bonds. The highest BCUT2D eigenvalue weighted by atomic mass is 16.5. The fourth-order valence-electron chi connectivity index (χ4n) is 3.23. The first kappa shape index (κ1) is 12.3. The van der Waals surface area contributed by atoms with Gasteiger partial charge in [0.1, 0.15) is 0 Å². The second-order valence-corrected chi connectivity index (χ2v) is 5.40. The minimum atomic E-state index is 0.256. The Morgan fingerprint density at radius 2 is 2.12 bits per heavy atom. The standard InChI is InChI=1S/C13H26N2O/c1-2-12-4-3-7-15(10-12)13(11-14)5-8-16-9-6-13/h12H,2-11,14H2,1H3. The summed E-state index contributed by atoms with van der Waals surface area (Å²) in [5.41, 5.74) is 6.31. The average molecular weight is 226 g/mol. The first-order chi connectivity index (χ1) is 7.80. The molecule has 1 atom stereocenters. The lowest BCUT2D eigenvalue weighted by Gasteiger charge is -2.49. The van der Waals surface area contributed by atoms with Crippen molar-refractivity contribution in [3.63, 3.8) is 0 Å². The lowest BCUT2D eigenvalue weighted by molar-refractivity contribution is -0.0409. The van der Waals surface area contributed by atoms with Gasteiger partial charge in [-0.25, -0.2) is 0 Å². The van der Waals surface area contributed by atoms with Crippen LogP contribution in [-0.2, 0) is 4.74 Å². The van der Waals surface area contributed by atoms with Crippen LogP contribution in [0.5, 0.6) is 0 Å². The molecule has 2 fully saturated rings. The number of rotatable bonds is 3. The summed E-state index contributed by atoms with van der Waals surface area (Å²) in [6, 6.07) is 0. The zero-order chi connectivity index (χ0) is 11.4. The fourth-order valence-corrected chi connectivity index (χ4v) is 3.23. The summed E-state index contributed by atoms with van der Waals surface area (Å²) in [7, 11) is 0. The van der Waals surface area contributed by atoms with Crippen LogP contribution in [-0.4, -0.2) is 43.3 Å². The summed E-state index contributed by atoms with van der Waals surface area (Å²) in [4.78, 5) is 2.67. The highest BCUT2D eigenvalue weighted by molar-refractivity contribution is 4.95. The molecule has 0 saturated carbocycles. The van der Waals surface area contributed by atoms with Crippen LogP contribution in [0.2, 0.25) is 0 Å². The first-order valence-corrected chi connectivity index (χ1v) is 6.83. The van der Waals surface area contributed by atoms with Crippen molar-refractivity contribution in [3.8, 4) is 0 Å². The van der Waals surface area contributed by atoms with Crippen molar-refractivity contribution in [2.45, 2.75) is 44.6 Å². The van der Waals surface area contributed by atoms with E-state index in [0.29, 0.717) is 0 Å². The van der Waals surface area contributed by atoms with Crippen LogP contribution in [0.15, 0.2) is 0 Å². The molecule has 2 aliphatic heterocycles. The predicted octanol–water partition coefficient (Wildman–Crippen LogP) is 1.62. The van der Waals surface area contributed by atoms with Crippen LogP contribution in [0, 0.1) is 5.92 Å². The van der Waals surface area contributed by atoms with E-state index < -0.39 is 0 Å². The monoisotopic (exact) mass is 226 g/mol. The Kier molecular flexibility index (Phi) is 4.22. The molecule has 0 aromatic rings. The number of hydrogen-bond acceptors (Lipinski definition) is 3. The molecule has 0 spiro atoms. The minimum Gasteiger partial charge on any atom is -0.381 e. The van der Waals surface area contributed by atoms with E-state index in [-0.39, 0.29) is 5.54 Å². The van der Waals surface area contributed by atoms with Crippen LogP contribution < -0.4 is 5.73 Å². The number of hydrogen-bond donors (Lipinski definition) is 1. The molecule has 16 heavy (non-hydrogen) atoms. The lowest BCUT2D eigenvalue weighted by atomic mass is 9.84. The third kappa shape index (κ3) is 2.41. The summed E-state index contributed by atoms with van der Waals surface area (Å²) in [5, 5.41) is 0. The van der Waals surface area contributed by atoms with Gasteiger partial charge in [0.05, 0.1) is 0 Å². The Hall–Kier alpha value is -0.120. The second kappa shape index (κ2) is 5.48. The smallest absolute Gasteiger partial charge is 0.0484 e. The molecule has 94 valence electrons. The van der Waals surface area contributed by atoms with Crippen molar-refractivity contribution in [2.24, 2.45) is 11.7 Å². The van der Waals surface area contributed by atoms with Crippen molar-refractivity contribution in [2.75, 3.05) is 32.8 Å². The van der Waals surface area contributed by atoms with Gasteiger partial charge in [-0.1, -0.05) is 13.3 Å². The zero-order valence-electron chi connectivity index (χ0n) is 10.6. The Morgan fingerprint density at radius 1 is 1.38 bits per heavy atom. The quantitative estimate of drug-likeness (QED) is 0.794. The highest BCUT2D eigenvalue weighted by Crippen LogP contribution is 2.32. The minimum absolute atomic E-state index is 0.256. The summed E-state index contributed by atoms with van der Waals surface area (Å²) in [6.45, 7) is 7.40. The second-order valence-electron chi connectivity index (χ2n) is 5.40. The van der Waals surface area contributed by atoms with E-state index in [0.717, 1.165) is 38.5 Å². The highest BCUT2D eigenvalue weighted by Gasteiger charge is 2.38. The molecule has 2 saturated heterocycles. The predicted molar refractivity (Wildman–Crippen MR) is 66.4 cm³/mol. The molecular weight excluding hydrogens is 200 g/mol. The molecule has 3 nitrogen and oxygen atoms in total.